The fraction of sp³-hybridized carbons (Fsp3) is 0.0833. The molecule has 0 bridgehead atoms. The van der Waals surface area contributed by atoms with Crippen LogP contribution in [0.1, 0.15) is 5.56 Å². The second-order valence-electron chi connectivity index (χ2n) is 4.01. The van der Waals surface area contributed by atoms with Crippen molar-refractivity contribution in [3.63, 3.8) is 0 Å². The van der Waals surface area contributed by atoms with Crippen LogP contribution in [0, 0.1) is 0 Å². The third-order valence-electron chi connectivity index (χ3n) is 2.70. The number of anilines is 1. The maximum atomic E-state index is 11.3. The molecule has 2 heterocycles. The van der Waals surface area contributed by atoms with E-state index in [-0.39, 0.29) is 5.69 Å². The molecule has 3 aromatic rings. The van der Waals surface area contributed by atoms with Gasteiger partial charge in [0.1, 0.15) is 12.1 Å². The molecule has 0 atom stereocenters. The molecular weight excluding hydrogens is 310 g/mol. The molecule has 7 heteroatoms. The predicted octanol–water partition coefficient (Wildman–Crippen LogP) is 1.79. The summed E-state index contributed by atoms with van der Waals surface area (Å²) >= 11 is 3.39. The Kier molecular flexibility index (Phi) is 3.04. The lowest BCUT2D eigenvalue weighted by Crippen LogP contribution is -2.10. The maximum absolute atomic E-state index is 11.3. The summed E-state index contributed by atoms with van der Waals surface area (Å²) in [5.74, 6) is 0.675. The summed E-state index contributed by atoms with van der Waals surface area (Å²) in [5, 5.41) is 9.44. The van der Waals surface area contributed by atoms with Crippen molar-refractivity contribution in [2.24, 2.45) is 0 Å². The zero-order chi connectivity index (χ0) is 13.2. The molecule has 2 aromatic heterocycles. The van der Waals surface area contributed by atoms with Gasteiger partial charge in [-0.15, -0.1) is 0 Å². The van der Waals surface area contributed by atoms with E-state index in [2.05, 4.69) is 36.4 Å². The van der Waals surface area contributed by atoms with Crippen LogP contribution in [-0.4, -0.2) is 19.6 Å². The zero-order valence-corrected chi connectivity index (χ0v) is 11.4. The molecule has 2 N–H and O–H groups in total. The Morgan fingerprint density at radius 2 is 2.11 bits per heavy atom. The molecule has 0 aliphatic heterocycles. The van der Waals surface area contributed by atoms with Gasteiger partial charge in [-0.2, -0.15) is 5.10 Å². The first-order chi connectivity index (χ1) is 9.22. The SMILES string of the molecule is O=c1[nH]nc2cc(NCc3ccc(Br)cc3)ncn12. The van der Waals surface area contributed by atoms with Crippen molar-refractivity contribution in [1.29, 1.82) is 0 Å². The van der Waals surface area contributed by atoms with Crippen molar-refractivity contribution in [2.45, 2.75) is 6.54 Å². The molecule has 6 nitrogen and oxygen atoms in total. The number of nitrogens with one attached hydrogen (secondary N) is 2. The summed E-state index contributed by atoms with van der Waals surface area (Å²) in [4.78, 5) is 15.4. The van der Waals surface area contributed by atoms with Gasteiger partial charge in [-0.3, -0.25) is 0 Å². The normalized spacial score (nSPS) is 10.8. The number of fused-ring (bicyclic) bond motifs is 1. The molecule has 0 spiro atoms. The van der Waals surface area contributed by atoms with Gasteiger partial charge in [0.15, 0.2) is 5.65 Å². The largest absolute Gasteiger partial charge is 0.366 e. The number of benzene rings is 1. The van der Waals surface area contributed by atoms with Crippen LogP contribution in [0.5, 0.6) is 0 Å². The summed E-state index contributed by atoms with van der Waals surface area (Å²) in [7, 11) is 0. The monoisotopic (exact) mass is 319 g/mol. The van der Waals surface area contributed by atoms with E-state index in [1.54, 1.807) is 6.07 Å². The smallest absolute Gasteiger partial charge is 0.348 e. The fourth-order valence-electron chi connectivity index (χ4n) is 1.70. The van der Waals surface area contributed by atoms with E-state index >= 15 is 0 Å². The van der Waals surface area contributed by atoms with Gasteiger partial charge in [0.05, 0.1) is 0 Å². The van der Waals surface area contributed by atoms with Crippen LogP contribution in [0.4, 0.5) is 5.82 Å². The molecule has 3 rings (SSSR count). The lowest BCUT2D eigenvalue weighted by molar-refractivity contribution is 0.990. The van der Waals surface area contributed by atoms with Crippen LogP contribution in [0.25, 0.3) is 5.65 Å². The van der Waals surface area contributed by atoms with E-state index < -0.39 is 0 Å². The maximum Gasteiger partial charge on any atom is 0.348 e. The third kappa shape index (κ3) is 2.50. The quantitative estimate of drug-likeness (QED) is 0.771. The molecule has 0 saturated carbocycles. The zero-order valence-electron chi connectivity index (χ0n) is 9.80. The summed E-state index contributed by atoms with van der Waals surface area (Å²) < 4.78 is 2.40. The minimum Gasteiger partial charge on any atom is -0.366 e. The van der Waals surface area contributed by atoms with Crippen LogP contribution < -0.4 is 11.0 Å². The number of hydrogen-bond acceptors (Lipinski definition) is 4. The van der Waals surface area contributed by atoms with Gasteiger partial charge in [0, 0.05) is 17.1 Å². The highest BCUT2D eigenvalue weighted by Gasteiger charge is 2.02. The van der Waals surface area contributed by atoms with Gasteiger partial charge in [-0.1, -0.05) is 28.1 Å². The standard InChI is InChI=1S/C12H10BrN5O/c13-9-3-1-8(2-4-9)6-14-10-5-11-16-17-12(19)18(11)7-15-10/h1-5,7,14H,6H2,(H,17,19). The summed E-state index contributed by atoms with van der Waals surface area (Å²) in [6, 6.07) is 9.74. The van der Waals surface area contributed by atoms with Crippen molar-refractivity contribution in [1.82, 2.24) is 19.6 Å². The number of aromatic amines is 1. The van der Waals surface area contributed by atoms with Gasteiger partial charge >= 0.3 is 5.69 Å². The van der Waals surface area contributed by atoms with Crippen molar-refractivity contribution < 1.29 is 0 Å². The second-order valence-corrected chi connectivity index (χ2v) is 4.93. The van der Waals surface area contributed by atoms with Crippen LogP contribution in [0.15, 0.2) is 45.9 Å². The number of halogens is 1. The Labute approximate surface area is 116 Å². The third-order valence-corrected chi connectivity index (χ3v) is 3.23. The molecule has 0 radical (unpaired) electrons. The van der Waals surface area contributed by atoms with E-state index in [9.17, 15) is 4.79 Å². The Morgan fingerprint density at radius 3 is 2.89 bits per heavy atom. The highest BCUT2D eigenvalue weighted by Crippen LogP contribution is 2.12. The number of nitrogens with zero attached hydrogens (tertiary/aromatic N) is 3. The van der Waals surface area contributed by atoms with E-state index in [0.717, 1.165) is 10.0 Å². The van der Waals surface area contributed by atoms with E-state index in [0.29, 0.717) is 18.0 Å². The summed E-state index contributed by atoms with van der Waals surface area (Å²) in [5.41, 5.74) is 1.39. The average Bonchev–Trinajstić information content (AvgIpc) is 2.79. The topological polar surface area (TPSA) is 75.1 Å². The molecule has 1 aromatic carbocycles. The first-order valence-electron chi connectivity index (χ1n) is 5.63. The molecular formula is C12H10BrN5O. The van der Waals surface area contributed by atoms with Crippen LogP contribution in [0.2, 0.25) is 0 Å². The number of rotatable bonds is 3. The highest BCUT2D eigenvalue weighted by molar-refractivity contribution is 9.10. The number of H-pyrrole nitrogens is 1. The molecule has 0 aliphatic rings. The lowest BCUT2D eigenvalue weighted by Gasteiger charge is -2.05. The molecule has 0 saturated heterocycles. The molecule has 0 aliphatic carbocycles. The van der Waals surface area contributed by atoms with Crippen LogP contribution >= 0.6 is 15.9 Å². The molecule has 96 valence electrons. The fourth-order valence-corrected chi connectivity index (χ4v) is 1.97. The van der Waals surface area contributed by atoms with Crippen LogP contribution in [0.3, 0.4) is 0 Å². The molecule has 19 heavy (non-hydrogen) atoms. The minimum absolute atomic E-state index is 0.290. The van der Waals surface area contributed by atoms with Crippen molar-refractivity contribution >= 4 is 27.4 Å². The number of aromatic nitrogens is 4. The Morgan fingerprint density at radius 1 is 1.32 bits per heavy atom. The first kappa shape index (κ1) is 11.9. The van der Waals surface area contributed by atoms with E-state index in [1.165, 1.54) is 10.7 Å². The predicted molar refractivity (Wildman–Crippen MR) is 75.1 cm³/mol. The Hall–Kier alpha value is -2.15. The first-order valence-corrected chi connectivity index (χ1v) is 6.43. The van der Waals surface area contributed by atoms with Crippen molar-refractivity contribution in [3.8, 4) is 0 Å². The highest BCUT2D eigenvalue weighted by atomic mass is 79.9. The Bertz CT molecular complexity index is 762. The van der Waals surface area contributed by atoms with Gasteiger partial charge in [-0.05, 0) is 17.7 Å². The van der Waals surface area contributed by atoms with Crippen molar-refractivity contribution in [3.05, 3.63) is 57.2 Å². The summed E-state index contributed by atoms with van der Waals surface area (Å²) in [6.45, 7) is 0.658. The average molecular weight is 320 g/mol. The lowest BCUT2D eigenvalue weighted by atomic mass is 10.2. The molecule has 0 unspecified atom stereocenters. The second kappa shape index (κ2) is 4.85. The van der Waals surface area contributed by atoms with E-state index in [1.807, 2.05) is 24.3 Å². The Balaban J connectivity index is 1.78. The van der Waals surface area contributed by atoms with Gasteiger partial charge in [-0.25, -0.2) is 19.3 Å². The number of hydrogen-bond donors (Lipinski definition) is 2. The van der Waals surface area contributed by atoms with Gasteiger partial charge < -0.3 is 5.32 Å². The van der Waals surface area contributed by atoms with Gasteiger partial charge in [0.2, 0.25) is 0 Å². The summed E-state index contributed by atoms with van der Waals surface area (Å²) in [6.07, 6.45) is 1.45. The van der Waals surface area contributed by atoms with E-state index in [4.69, 9.17) is 0 Å². The molecule has 0 amide bonds. The van der Waals surface area contributed by atoms with Crippen molar-refractivity contribution in [2.75, 3.05) is 5.32 Å². The van der Waals surface area contributed by atoms with Gasteiger partial charge in [0.25, 0.3) is 0 Å². The molecule has 0 fully saturated rings. The minimum atomic E-state index is -0.290. The van der Waals surface area contributed by atoms with Crippen LogP contribution in [-0.2, 0) is 6.54 Å².